The molecule has 4 N–H and O–H groups in total. The van der Waals surface area contributed by atoms with E-state index < -0.39 is 0 Å². The lowest BCUT2D eigenvalue weighted by Gasteiger charge is -2.32. The number of amides is 4. The molecule has 2 saturated heterocycles. The molecule has 0 atom stereocenters. The molecule has 1 saturated carbocycles. The van der Waals surface area contributed by atoms with Crippen molar-refractivity contribution in [2.45, 2.75) is 44.2 Å². The van der Waals surface area contributed by atoms with E-state index in [4.69, 9.17) is 15.2 Å². The van der Waals surface area contributed by atoms with Gasteiger partial charge in [0.1, 0.15) is 5.75 Å². The minimum atomic E-state index is -0.298. The Balaban J connectivity index is 1.35. The molecule has 0 spiro atoms. The zero-order chi connectivity index (χ0) is 29.5. The molecule has 2 heterocycles. The fraction of sp³-hybridized carbons (Fsp3) is 0.516. The summed E-state index contributed by atoms with van der Waals surface area (Å²) in [6, 6.07) is 12.7. The summed E-state index contributed by atoms with van der Waals surface area (Å²) in [6.45, 7) is 4.88. The summed E-state index contributed by atoms with van der Waals surface area (Å²) in [4.78, 5) is 45.7. The SMILES string of the molecule is COc1cccc(C(=O)Nc2cc(C(=O)NC3CCC(N)CC3)ccc2N2CCCN(C(=O)N3CCOCC3)CC2)c1. The summed E-state index contributed by atoms with van der Waals surface area (Å²) in [7, 11) is 1.56. The van der Waals surface area contributed by atoms with Crippen LogP contribution >= 0.6 is 0 Å². The van der Waals surface area contributed by atoms with E-state index in [2.05, 4.69) is 15.5 Å². The lowest BCUT2D eigenvalue weighted by molar-refractivity contribution is 0.0438. The molecule has 1 aliphatic carbocycles. The maximum atomic E-state index is 13.4. The fourth-order valence-electron chi connectivity index (χ4n) is 5.85. The standard InChI is InChI=1S/C31H42N6O5/c1-41-26-5-2-4-22(20-26)30(39)34-27-21-23(29(38)33-25-9-7-24(32)8-10-25)6-11-28(27)35-12-3-13-36(15-14-35)31(40)37-16-18-42-19-17-37/h2,4-6,11,20-21,24-25H,3,7-10,12-19,32H2,1H3,(H,33,38)(H,34,39). The molecule has 2 aromatic rings. The molecular weight excluding hydrogens is 536 g/mol. The van der Waals surface area contributed by atoms with Crippen LogP contribution in [0.1, 0.15) is 52.8 Å². The summed E-state index contributed by atoms with van der Waals surface area (Å²) in [5.41, 5.74) is 8.33. The number of carbonyl (C=O) groups excluding carboxylic acids is 3. The Bertz CT molecular complexity index is 1260. The summed E-state index contributed by atoms with van der Waals surface area (Å²) in [5.74, 6) is 0.116. The van der Waals surface area contributed by atoms with Crippen LogP contribution in [0.25, 0.3) is 0 Å². The number of benzene rings is 2. The summed E-state index contributed by atoms with van der Waals surface area (Å²) >= 11 is 0. The van der Waals surface area contributed by atoms with Crippen molar-refractivity contribution in [3.05, 3.63) is 53.6 Å². The third-order valence-corrected chi connectivity index (χ3v) is 8.33. The number of anilines is 2. The van der Waals surface area contributed by atoms with Gasteiger partial charge in [0.15, 0.2) is 0 Å². The molecule has 226 valence electrons. The number of hydrogen-bond acceptors (Lipinski definition) is 7. The molecule has 2 aliphatic heterocycles. The Kier molecular flexibility index (Phi) is 9.81. The maximum Gasteiger partial charge on any atom is 0.320 e. The molecule has 2 aromatic carbocycles. The van der Waals surface area contributed by atoms with Gasteiger partial charge >= 0.3 is 6.03 Å². The van der Waals surface area contributed by atoms with E-state index in [1.807, 2.05) is 21.9 Å². The molecule has 0 bridgehead atoms. The Morgan fingerprint density at radius 3 is 2.36 bits per heavy atom. The second-order valence-electron chi connectivity index (χ2n) is 11.2. The van der Waals surface area contributed by atoms with Crippen LogP contribution in [0.5, 0.6) is 5.75 Å². The second kappa shape index (κ2) is 13.9. The van der Waals surface area contributed by atoms with E-state index in [1.54, 1.807) is 37.4 Å². The van der Waals surface area contributed by atoms with Gasteiger partial charge in [0, 0.05) is 62.5 Å². The van der Waals surface area contributed by atoms with Gasteiger partial charge in [0.25, 0.3) is 11.8 Å². The highest BCUT2D eigenvalue weighted by molar-refractivity contribution is 6.07. The average Bonchev–Trinajstić information content (AvgIpc) is 3.28. The number of carbonyl (C=O) groups is 3. The topological polar surface area (TPSA) is 129 Å². The second-order valence-corrected chi connectivity index (χ2v) is 11.2. The Morgan fingerprint density at radius 1 is 0.857 bits per heavy atom. The van der Waals surface area contributed by atoms with Crippen LogP contribution in [-0.4, -0.2) is 99.3 Å². The smallest absolute Gasteiger partial charge is 0.320 e. The minimum Gasteiger partial charge on any atom is -0.497 e. The number of hydrogen-bond donors (Lipinski definition) is 3. The number of methoxy groups -OCH3 is 1. The van der Waals surface area contributed by atoms with E-state index in [0.29, 0.717) is 75.0 Å². The average molecular weight is 579 g/mol. The van der Waals surface area contributed by atoms with Crippen LogP contribution in [0.2, 0.25) is 0 Å². The first kappa shape index (κ1) is 29.7. The zero-order valence-corrected chi connectivity index (χ0v) is 24.3. The van der Waals surface area contributed by atoms with E-state index in [0.717, 1.165) is 37.8 Å². The number of ether oxygens (including phenoxy) is 2. The molecule has 5 rings (SSSR count). The molecule has 11 heteroatoms. The van der Waals surface area contributed by atoms with E-state index in [1.165, 1.54) is 0 Å². The lowest BCUT2D eigenvalue weighted by atomic mass is 9.91. The number of nitrogens with one attached hydrogen (secondary N) is 2. The lowest BCUT2D eigenvalue weighted by Crippen LogP contribution is -2.49. The molecule has 0 unspecified atom stereocenters. The van der Waals surface area contributed by atoms with Crippen molar-refractivity contribution < 1.29 is 23.9 Å². The van der Waals surface area contributed by atoms with Crippen molar-refractivity contribution in [2.24, 2.45) is 5.73 Å². The Morgan fingerprint density at radius 2 is 1.60 bits per heavy atom. The van der Waals surface area contributed by atoms with E-state index in [-0.39, 0.29) is 29.9 Å². The van der Waals surface area contributed by atoms with Crippen molar-refractivity contribution in [3.8, 4) is 5.75 Å². The van der Waals surface area contributed by atoms with Gasteiger partial charge < -0.3 is 40.5 Å². The van der Waals surface area contributed by atoms with Gasteiger partial charge in [-0.2, -0.15) is 0 Å². The van der Waals surface area contributed by atoms with Crippen molar-refractivity contribution in [2.75, 3.05) is 69.8 Å². The molecule has 4 amide bonds. The first-order valence-electron chi connectivity index (χ1n) is 14.9. The van der Waals surface area contributed by atoms with Gasteiger partial charge in [-0.05, 0) is 68.5 Å². The van der Waals surface area contributed by atoms with Gasteiger partial charge in [0.2, 0.25) is 0 Å². The molecule has 11 nitrogen and oxygen atoms in total. The largest absolute Gasteiger partial charge is 0.497 e. The molecular formula is C31H42N6O5. The maximum absolute atomic E-state index is 13.4. The number of morpholine rings is 1. The molecule has 3 fully saturated rings. The number of nitrogens with two attached hydrogens (primary N) is 1. The predicted molar refractivity (Wildman–Crippen MR) is 161 cm³/mol. The highest BCUT2D eigenvalue weighted by Crippen LogP contribution is 2.30. The van der Waals surface area contributed by atoms with Crippen LogP contribution in [-0.2, 0) is 4.74 Å². The third-order valence-electron chi connectivity index (χ3n) is 8.33. The molecule has 0 aromatic heterocycles. The van der Waals surface area contributed by atoms with Crippen LogP contribution in [0, 0.1) is 0 Å². The third kappa shape index (κ3) is 7.32. The first-order chi connectivity index (χ1) is 20.4. The Hall–Kier alpha value is -3.83. The van der Waals surface area contributed by atoms with Crippen LogP contribution in [0.4, 0.5) is 16.2 Å². The van der Waals surface area contributed by atoms with Crippen LogP contribution in [0.15, 0.2) is 42.5 Å². The van der Waals surface area contributed by atoms with Gasteiger partial charge in [0.05, 0.1) is 31.7 Å². The summed E-state index contributed by atoms with van der Waals surface area (Å²) in [6.07, 6.45) is 4.29. The minimum absolute atomic E-state index is 0.0439. The number of urea groups is 1. The van der Waals surface area contributed by atoms with Crippen molar-refractivity contribution in [1.82, 2.24) is 15.1 Å². The Labute approximate surface area is 247 Å². The predicted octanol–water partition coefficient (Wildman–Crippen LogP) is 2.91. The normalized spacial score (nSPS) is 21.3. The van der Waals surface area contributed by atoms with E-state index in [9.17, 15) is 14.4 Å². The van der Waals surface area contributed by atoms with Crippen molar-refractivity contribution in [3.63, 3.8) is 0 Å². The molecule has 3 aliphatic rings. The van der Waals surface area contributed by atoms with Crippen LogP contribution < -0.4 is 26.0 Å². The quantitative estimate of drug-likeness (QED) is 0.481. The highest BCUT2D eigenvalue weighted by Gasteiger charge is 2.27. The van der Waals surface area contributed by atoms with Gasteiger partial charge in [-0.3, -0.25) is 9.59 Å². The monoisotopic (exact) mass is 578 g/mol. The van der Waals surface area contributed by atoms with Crippen molar-refractivity contribution >= 4 is 29.2 Å². The summed E-state index contributed by atoms with van der Waals surface area (Å²) in [5, 5.41) is 6.20. The highest BCUT2D eigenvalue weighted by atomic mass is 16.5. The van der Waals surface area contributed by atoms with Gasteiger partial charge in [-0.1, -0.05) is 6.07 Å². The number of rotatable bonds is 6. The fourth-order valence-corrected chi connectivity index (χ4v) is 5.85. The molecule has 0 radical (unpaired) electrons. The van der Waals surface area contributed by atoms with Gasteiger partial charge in [-0.25, -0.2) is 4.79 Å². The molecule has 42 heavy (non-hydrogen) atoms. The van der Waals surface area contributed by atoms with E-state index >= 15 is 0 Å². The first-order valence-corrected chi connectivity index (χ1v) is 14.9. The van der Waals surface area contributed by atoms with Gasteiger partial charge in [-0.15, -0.1) is 0 Å². The van der Waals surface area contributed by atoms with Crippen molar-refractivity contribution in [1.29, 1.82) is 0 Å². The zero-order valence-electron chi connectivity index (χ0n) is 24.3. The van der Waals surface area contributed by atoms with Crippen LogP contribution in [0.3, 0.4) is 0 Å². The number of nitrogens with zero attached hydrogens (tertiary/aromatic N) is 3. The summed E-state index contributed by atoms with van der Waals surface area (Å²) < 4.78 is 10.7.